The molecule has 2 N–H and O–H groups in total. The first-order valence-electron chi connectivity index (χ1n) is 9.87. The van der Waals surface area contributed by atoms with Crippen LogP contribution in [0.25, 0.3) is 11.1 Å². The first kappa shape index (κ1) is 23.0. The van der Waals surface area contributed by atoms with Gasteiger partial charge in [0.05, 0.1) is 7.11 Å². The van der Waals surface area contributed by atoms with E-state index in [2.05, 4.69) is 5.32 Å². The van der Waals surface area contributed by atoms with Crippen molar-refractivity contribution < 1.29 is 32.5 Å². The quantitative estimate of drug-likeness (QED) is 0.447. The predicted octanol–water partition coefficient (Wildman–Crippen LogP) is 5.63. The van der Waals surface area contributed by atoms with E-state index in [0.29, 0.717) is 22.4 Å². The van der Waals surface area contributed by atoms with Crippen LogP contribution in [0.4, 0.5) is 18.9 Å². The highest BCUT2D eigenvalue weighted by Gasteiger charge is 2.22. The molecule has 0 spiro atoms. The van der Waals surface area contributed by atoms with Crippen LogP contribution in [0.5, 0.6) is 11.5 Å². The zero-order chi connectivity index (χ0) is 23.3. The molecule has 32 heavy (non-hydrogen) atoms. The van der Waals surface area contributed by atoms with E-state index in [0.717, 1.165) is 12.1 Å². The third-order valence-electron chi connectivity index (χ3n) is 4.80. The van der Waals surface area contributed by atoms with Crippen molar-refractivity contribution in [3.8, 4) is 22.6 Å². The summed E-state index contributed by atoms with van der Waals surface area (Å²) in [5, 5.41) is 11.8. The molecule has 168 valence electrons. The minimum absolute atomic E-state index is 0.0208. The number of hydrogen-bond acceptors (Lipinski definition) is 4. The second kappa shape index (κ2) is 10.1. The third-order valence-corrected chi connectivity index (χ3v) is 4.80. The van der Waals surface area contributed by atoms with Crippen molar-refractivity contribution in [2.75, 3.05) is 12.4 Å². The van der Waals surface area contributed by atoms with Crippen LogP contribution in [-0.2, 0) is 11.3 Å². The lowest BCUT2D eigenvalue weighted by molar-refractivity contribution is -0.145. The summed E-state index contributed by atoms with van der Waals surface area (Å²) in [4.78, 5) is 11.2. The molecule has 0 heterocycles. The Labute approximate surface area is 183 Å². The molecular formula is C24H22F3NO4. The van der Waals surface area contributed by atoms with Gasteiger partial charge in [-0.05, 0) is 65.6 Å². The molecule has 0 bridgehead atoms. The third kappa shape index (κ3) is 5.32. The van der Waals surface area contributed by atoms with E-state index < -0.39 is 35.2 Å². The van der Waals surface area contributed by atoms with Gasteiger partial charge in [0.1, 0.15) is 23.1 Å². The average molecular weight is 445 g/mol. The first-order chi connectivity index (χ1) is 15.3. The van der Waals surface area contributed by atoms with Gasteiger partial charge in [0.2, 0.25) is 0 Å². The van der Waals surface area contributed by atoms with E-state index >= 15 is 0 Å². The number of ether oxygens (including phenoxy) is 2. The molecule has 0 amide bonds. The van der Waals surface area contributed by atoms with Crippen LogP contribution in [0.3, 0.4) is 0 Å². The zero-order valence-electron chi connectivity index (χ0n) is 17.5. The summed E-state index contributed by atoms with van der Waals surface area (Å²) in [6.07, 6.45) is -1.14. The van der Waals surface area contributed by atoms with Crippen LogP contribution >= 0.6 is 0 Å². The van der Waals surface area contributed by atoms with Gasteiger partial charge in [-0.1, -0.05) is 19.1 Å². The highest BCUT2D eigenvalue weighted by Crippen LogP contribution is 2.31. The maximum absolute atomic E-state index is 14.8. The molecule has 0 saturated heterocycles. The number of carboxylic acid groups (broad SMARTS) is 1. The second-order valence-electron chi connectivity index (χ2n) is 7.02. The topological polar surface area (TPSA) is 67.8 Å². The number of anilines is 1. The van der Waals surface area contributed by atoms with E-state index in [-0.39, 0.29) is 18.7 Å². The summed E-state index contributed by atoms with van der Waals surface area (Å²) in [6.45, 7) is 1.60. The molecule has 3 rings (SSSR count). The molecule has 3 aromatic carbocycles. The number of carboxylic acids is 1. The Balaban J connectivity index is 1.87. The fourth-order valence-corrected chi connectivity index (χ4v) is 3.15. The molecule has 1 unspecified atom stereocenters. The molecule has 5 nitrogen and oxygen atoms in total. The fraction of sp³-hybridized carbons (Fsp3) is 0.208. The first-order valence-corrected chi connectivity index (χ1v) is 9.87. The van der Waals surface area contributed by atoms with Gasteiger partial charge in [-0.25, -0.2) is 18.0 Å². The Bertz CT molecular complexity index is 1120. The molecule has 0 fully saturated rings. The van der Waals surface area contributed by atoms with Gasteiger partial charge in [0.15, 0.2) is 17.7 Å². The molecular weight excluding hydrogens is 423 g/mol. The van der Waals surface area contributed by atoms with E-state index in [9.17, 15) is 18.0 Å². The highest BCUT2D eigenvalue weighted by molar-refractivity contribution is 5.72. The highest BCUT2D eigenvalue weighted by atomic mass is 19.1. The largest absolute Gasteiger partial charge is 0.497 e. The lowest BCUT2D eigenvalue weighted by atomic mass is 10.0. The Morgan fingerprint density at radius 3 is 2.50 bits per heavy atom. The van der Waals surface area contributed by atoms with Gasteiger partial charge in [-0.3, -0.25) is 0 Å². The van der Waals surface area contributed by atoms with Crippen molar-refractivity contribution in [3.05, 3.63) is 77.6 Å². The number of hydrogen-bond donors (Lipinski definition) is 2. The molecule has 0 aliphatic heterocycles. The lowest BCUT2D eigenvalue weighted by Crippen LogP contribution is -2.26. The van der Waals surface area contributed by atoms with Gasteiger partial charge < -0.3 is 19.9 Å². The molecule has 0 aromatic heterocycles. The zero-order valence-corrected chi connectivity index (χ0v) is 17.5. The summed E-state index contributed by atoms with van der Waals surface area (Å²) < 4.78 is 53.3. The molecule has 3 aromatic rings. The number of carbonyl (C=O) groups is 1. The van der Waals surface area contributed by atoms with E-state index in [1.165, 1.54) is 19.2 Å². The van der Waals surface area contributed by atoms with Gasteiger partial charge in [-0.15, -0.1) is 0 Å². The summed E-state index contributed by atoms with van der Waals surface area (Å²) in [7, 11) is 1.48. The van der Waals surface area contributed by atoms with Crippen LogP contribution in [0.2, 0.25) is 0 Å². The molecule has 0 aliphatic rings. The Morgan fingerprint density at radius 1 is 1.06 bits per heavy atom. The van der Waals surface area contributed by atoms with Crippen LogP contribution in [0, 0.1) is 17.5 Å². The second-order valence-corrected chi connectivity index (χ2v) is 7.02. The number of nitrogens with one attached hydrogen (secondary N) is 1. The maximum atomic E-state index is 14.8. The van der Waals surface area contributed by atoms with Gasteiger partial charge >= 0.3 is 5.97 Å². The van der Waals surface area contributed by atoms with Crippen molar-refractivity contribution in [1.82, 2.24) is 0 Å². The Kier molecular flexibility index (Phi) is 7.25. The molecule has 0 saturated carbocycles. The fourth-order valence-electron chi connectivity index (χ4n) is 3.15. The van der Waals surface area contributed by atoms with Crippen LogP contribution in [-0.4, -0.2) is 24.3 Å². The van der Waals surface area contributed by atoms with Crippen molar-refractivity contribution in [3.63, 3.8) is 0 Å². The van der Waals surface area contributed by atoms with Crippen molar-refractivity contribution in [2.45, 2.75) is 26.0 Å². The monoisotopic (exact) mass is 445 g/mol. The predicted molar refractivity (Wildman–Crippen MR) is 114 cm³/mol. The summed E-state index contributed by atoms with van der Waals surface area (Å²) in [5.74, 6) is -3.39. The van der Waals surface area contributed by atoms with E-state index in [1.807, 2.05) is 0 Å². The standard InChI is InChI=1S/C24H22F3NO4/c1-3-20(24(29)30)32-21-8-7-19(26)23(22(21)27)28-13-14-9-16(12-18(10-14)31-2)15-5-4-6-17(25)11-15/h4-12,20,28H,3,13H2,1-2H3,(H,29,30). The number of rotatable bonds is 9. The minimum atomic E-state index is -1.25. The van der Waals surface area contributed by atoms with Crippen molar-refractivity contribution in [2.24, 2.45) is 0 Å². The molecule has 0 aliphatic carbocycles. The summed E-state index contributed by atoms with van der Waals surface area (Å²) in [5.41, 5.74) is 1.48. The maximum Gasteiger partial charge on any atom is 0.344 e. The van der Waals surface area contributed by atoms with Gasteiger partial charge in [0.25, 0.3) is 0 Å². The minimum Gasteiger partial charge on any atom is -0.497 e. The molecule has 0 radical (unpaired) electrons. The summed E-state index contributed by atoms with van der Waals surface area (Å²) >= 11 is 0. The van der Waals surface area contributed by atoms with E-state index in [1.54, 1.807) is 37.3 Å². The average Bonchev–Trinajstić information content (AvgIpc) is 2.78. The smallest absolute Gasteiger partial charge is 0.344 e. The number of aliphatic carboxylic acids is 1. The Hall–Kier alpha value is -3.68. The number of benzene rings is 3. The molecule has 8 heteroatoms. The van der Waals surface area contributed by atoms with Gasteiger partial charge in [-0.2, -0.15) is 0 Å². The number of methoxy groups -OCH3 is 1. The van der Waals surface area contributed by atoms with Crippen LogP contribution in [0.15, 0.2) is 54.6 Å². The van der Waals surface area contributed by atoms with Crippen molar-refractivity contribution in [1.29, 1.82) is 0 Å². The van der Waals surface area contributed by atoms with Crippen molar-refractivity contribution >= 4 is 11.7 Å². The van der Waals surface area contributed by atoms with Crippen LogP contribution in [0.1, 0.15) is 18.9 Å². The normalized spacial score (nSPS) is 11.7. The SMILES string of the molecule is CCC(Oc1ccc(F)c(NCc2cc(OC)cc(-c3cccc(F)c3)c2)c1F)C(=O)O. The Morgan fingerprint density at radius 2 is 1.84 bits per heavy atom. The molecule has 1 atom stereocenters. The lowest BCUT2D eigenvalue weighted by Gasteiger charge is -2.17. The summed E-state index contributed by atoms with van der Waals surface area (Å²) in [6, 6.07) is 13.2. The van der Waals surface area contributed by atoms with Gasteiger partial charge in [0, 0.05) is 6.54 Å². The van der Waals surface area contributed by atoms with E-state index in [4.69, 9.17) is 14.6 Å². The number of halogens is 3. The van der Waals surface area contributed by atoms with Crippen LogP contribution < -0.4 is 14.8 Å².